The van der Waals surface area contributed by atoms with Crippen LogP contribution in [0.5, 0.6) is 0 Å². The lowest BCUT2D eigenvalue weighted by Gasteiger charge is -2.34. The summed E-state index contributed by atoms with van der Waals surface area (Å²) in [6.07, 6.45) is 0. The van der Waals surface area contributed by atoms with Gasteiger partial charge in [0.1, 0.15) is 11.6 Å². The van der Waals surface area contributed by atoms with E-state index in [1.165, 1.54) is 5.56 Å². The number of rotatable bonds is 9. The Morgan fingerprint density at radius 2 is 1.15 bits per heavy atom. The second-order valence-electron chi connectivity index (χ2n) is 8.61. The Bertz CT molecular complexity index is 994. The first-order valence-electron chi connectivity index (χ1n) is 10.8. The molecule has 11 nitrogen and oxygen atoms in total. The molecule has 2 aromatic heterocycles. The van der Waals surface area contributed by atoms with Gasteiger partial charge in [0.25, 0.3) is 0 Å². The van der Waals surface area contributed by atoms with Crippen LogP contribution in [-0.2, 0) is 13.1 Å². The van der Waals surface area contributed by atoms with Gasteiger partial charge in [-0.15, -0.1) is 0 Å². The molecule has 3 aromatic rings. The third-order valence-electron chi connectivity index (χ3n) is 5.03. The van der Waals surface area contributed by atoms with E-state index in [0.29, 0.717) is 36.6 Å². The van der Waals surface area contributed by atoms with E-state index in [-0.39, 0.29) is 23.9 Å². The topological polar surface area (TPSA) is 139 Å². The first kappa shape index (κ1) is 24.1. The molecule has 1 aromatic carbocycles. The first-order valence-corrected chi connectivity index (χ1v) is 10.8. The predicted molar refractivity (Wildman–Crippen MR) is 130 cm³/mol. The van der Waals surface area contributed by atoms with Gasteiger partial charge in [0.15, 0.2) is 0 Å². The quantitative estimate of drug-likeness (QED) is 0.492. The van der Waals surface area contributed by atoms with E-state index >= 15 is 0 Å². The van der Waals surface area contributed by atoms with E-state index in [0.717, 1.165) is 0 Å². The van der Waals surface area contributed by atoms with Crippen molar-refractivity contribution in [2.24, 2.45) is 5.92 Å². The normalized spacial score (nSPS) is 12.2. The van der Waals surface area contributed by atoms with Crippen molar-refractivity contribution < 1.29 is 0 Å². The summed E-state index contributed by atoms with van der Waals surface area (Å²) in [5, 5.41) is 0. The first-order chi connectivity index (χ1) is 15.6. The molecule has 11 heteroatoms. The molecule has 0 bridgehead atoms. The van der Waals surface area contributed by atoms with Crippen molar-refractivity contribution in [3.05, 3.63) is 47.5 Å². The fraction of sp³-hybridized carbons (Fsp3) is 0.455. The molecule has 0 spiro atoms. The molecular weight excluding hydrogens is 418 g/mol. The number of anilines is 4. The molecule has 0 radical (unpaired) electrons. The summed E-state index contributed by atoms with van der Waals surface area (Å²) in [5.74, 6) is 2.82. The zero-order valence-electron chi connectivity index (χ0n) is 20.1. The van der Waals surface area contributed by atoms with Crippen molar-refractivity contribution in [3.8, 4) is 0 Å². The van der Waals surface area contributed by atoms with E-state index in [9.17, 15) is 0 Å². The van der Waals surface area contributed by atoms with E-state index < -0.39 is 0 Å². The molecule has 0 saturated carbocycles. The van der Waals surface area contributed by atoms with Crippen LogP contribution in [0.2, 0.25) is 0 Å². The fourth-order valence-electron chi connectivity index (χ4n) is 3.68. The minimum atomic E-state index is 0.0489. The lowest BCUT2D eigenvalue weighted by Crippen LogP contribution is -2.33. The minimum Gasteiger partial charge on any atom is -0.368 e. The number of nitrogens with zero attached hydrogens (tertiary/aromatic N) is 9. The lowest BCUT2D eigenvalue weighted by atomic mass is 9.94. The largest absolute Gasteiger partial charge is 0.368 e. The maximum Gasteiger partial charge on any atom is 0.229 e. The van der Waals surface area contributed by atoms with Crippen LogP contribution in [0.3, 0.4) is 0 Å². The van der Waals surface area contributed by atoms with E-state index in [1.807, 2.05) is 46.4 Å². The summed E-state index contributed by atoms with van der Waals surface area (Å²) in [5.41, 5.74) is 13.1. The molecule has 176 valence electrons. The molecule has 3 rings (SSSR count). The minimum absolute atomic E-state index is 0.0489. The Labute approximate surface area is 194 Å². The molecule has 4 N–H and O–H groups in total. The SMILES string of the molecule is CC(C)C(c1ccccc1)N(Cc1nc(N)nc(N(C)C)n1)Cc1nc(N)nc(N(C)C)n1. The molecule has 1 atom stereocenters. The van der Waals surface area contributed by atoms with Crippen LogP contribution in [-0.4, -0.2) is 63.0 Å². The van der Waals surface area contributed by atoms with Gasteiger partial charge in [0, 0.05) is 34.2 Å². The molecule has 2 heterocycles. The highest BCUT2D eigenvalue weighted by Gasteiger charge is 2.26. The summed E-state index contributed by atoms with van der Waals surface area (Å²) < 4.78 is 0. The van der Waals surface area contributed by atoms with Crippen LogP contribution in [0.1, 0.15) is 37.1 Å². The van der Waals surface area contributed by atoms with Gasteiger partial charge in [-0.05, 0) is 11.5 Å². The molecule has 1 unspecified atom stereocenters. The Morgan fingerprint density at radius 3 is 1.55 bits per heavy atom. The van der Waals surface area contributed by atoms with Gasteiger partial charge in [-0.2, -0.15) is 29.9 Å². The van der Waals surface area contributed by atoms with Crippen LogP contribution in [0, 0.1) is 5.92 Å². The van der Waals surface area contributed by atoms with Gasteiger partial charge >= 0.3 is 0 Å². The van der Waals surface area contributed by atoms with Gasteiger partial charge in [-0.25, -0.2) is 0 Å². The van der Waals surface area contributed by atoms with Crippen molar-refractivity contribution >= 4 is 23.8 Å². The van der Waals surface area contributed by atoms with Crippen LogP contribution >= 0.6 is 0 Å². The Morgan fingerprint density at radius 1 is 0.697 bits per heavy atom. The van der Waals surface area contributed by atoms with Crippen LogP contribution in [0.15, 0.2) is 30.3 Å². The third-order valence-corrected chi connectivity index (χ3v) is 5.03. The maximum absolute atomic E-state index is 5.98. The summed E-state index contributed by atoms with van der Waals surface area (Å²) >= 11 is 0. The van der Waals surface area contributed by atoms with Crippen LogP contribution < -0.4 is 21.3 Å². The number of hydrogen-bond acceptors (Lipinski definition) is 11. The van der Waals surface area contributed by atoms with Gasteiger partial charge in [-0.1, -0.05) is 44.2 Å². The Kier molecular flexibility index (Phi) is 7.54. The summed E-state index contributed by atoms with van der Waals surface area (Å²) in [6, 6.07) is 10.4. The predicted octanol–water partition coefficient (Wildman–Crippen LogP) is 1.75. The van der Waals surface area contributed by atoms with E-state index in [4.69, 9.17) is 11.5 Å². The van der Waals surface area contributed by atoms with Crippen molar-refractivity contribution in [1.82, 2.24) is 34.8 Å². The standard InChI is InChI=1S/C22H33N11/c1-14(2)18(15-10-8-7-9-11-15)33(12-16-25-19(23)29-21(27-16)31(3)4)13-17-26-20(24)30-22(28-17)32(5)6/h7-11,14,18H,12-13H2,1-6H3,(H2,23,25,27,29)(H2,24,26,28,30). The summed E-state index contributed by atoms with van der Waals surface area (Å²) in [6.45, 7) is 5.22. The number of nitrogens with two attached hydrogens (primary N) is 2. The van der Waals surface area contributed by atoms with Gasteiger partial charge in [-0.3, -0.25) is 4.90 Å². The number of benzene rings is 1. The highest BCUT2D eigenvalue weighted by atomic mass is 15.3. The van der Waals surface area contributed by atoms with Gasteiger partial charge < -0.3 is 21.3 Å². The Balaban J connectivity index is 2.05. The maximum atomic E-state index is 5.98. The van der Waals surface area contributed by atoms with Gasteiger partial charge in [0.2, 0.25) is 23.8 Å². The van der Waals surface area contributed by atoms with Crippen molar-refractivity contribution in [3.63, 3.8) is 0 Å². The Hall–Kier alpha value is -3.60. The number of nitrogen functional groups attached to an aromatic ring is 2. The van der Waals surface area contributed by atoms with Crippen molar-refractivity contribution in [2.75, 3.05) is 49.5 Å². The molecular formula is C22H33N11. The molecule has 0 aliphatic rings. The highest BCUT2D eigenvalue weighted by molar-refractivity contribution is 5.34. The number of aromatic nitrogens is 6. The fourth-order valence-corrected chi connectivity index (χ4v) is 3.68. The molecule has 0 fully saturated rings. The molecule has 0 aliphatic carbocycles. The molecule has 0 saturated heterocycles. The third kappa shape index (κ3) is 6.22. The van der Waals surface area contributed by atoms with Crippen molar-refractivity contribution in [1.29, 1.82) is 0 Å². The monoisotopic (exact) mass is 451 g/mol. The van der Waals surface area contributed by atoms with Crippen molar-refractivity contribution in [2.45, 2.75) is 33.0 Å². The van der Waals surface area contributed by atoms with Gasteiger partial charge in [0.05, 0.1) is 13.1 Å². The molecule has 33 heavy (non-hydrogen) atoms. The van der Waals surface area contributed by atoms with Crippen LogP contribution in [0.4, 0.5) is 23.8 Å². The average molecular weight is 452 g/mol. The summed E-state index contributed by atoms with van der Waals surface area (Å²) in [4.78, 5) is 32.3. The van der Waals surface area contributed by atoms with E-state index in [2.05, 4.69) is 60.8 Å². The average Bonchev–Trinajstić information content (AvgIpc) is 2.73. The highest BCUT2D eigenvalue weighted by Crippen LogP contribution is 2.31. The summed E-state index contributed by atoms with van der Waals surface area (Å²) in [7, 11) is 7.47. The second-order valence-corrected chi connectivity index (χ2v) is 8.61. The smallest absolute Gasteiger partial charge is 0.229 e. The second kappa shape index (κ2) is 10.3. The lowest BCUT2D eigenvalue weighted by molar-refractivity contribution is 0.131. The molecule has 0 aliphatic heterocycles. The van der Waals surface area contributed by atoms with E-state index in [1.54, 1.807) is 9.80 Å². The molecule has 0 amide bonds. The zero-order chi connectivity index (χ0) is 24.1. The zero-order valence-corrected chi connectivity index (χ0v) is 20.1. The van der Waals surface area contributed by atoms with Crippen LogP contribution in [0.25, 0.3) is 0 Å². The number of hydrogen-bond donors (Lipinski definition) is 2.